The van der Waals surface area contributed by atoms with Gasteiger partial charge in [-0.25, -0.2) is 4.39 Å². The van der Waals surface area contributed by atoms with Crippen LogP contribution in [-0.2, 0) is 4.79 Å². The number of rotatable bonds is 5. The number of carbonyl (C=O) groups is 2. The van der Waals surface area contributed by atoms with Crippen LogP contribution in [0.2, 0.25) is 5.02 Å². The summed E-state index contributed by atoms with van der Waals surface area (Å²) in [5.74, 6) is -2.19. The van der Waals surface area contributed by atoms with Gasteiger partial charge >= 0.3 is 5.97 Å². The van der Waals surface area contributed by atoms with Gasteiger partial charge in [-0.05, 0) is 30.0 Å². The molecule has 0 bridgehead atoms. The summed E-state index contributed by atoms with van der Waals surface area (Å²) in [4.78, 5) is 23.0. The van der Waals surface area contributed by atoms with Crippen molar-refractivity contribution < 1.29 is 19.1 Å². The van der Waals surface area contributed by atoms with Gasteiger partial charge in [-0.15, -0.1) is 0 Å². The number of carboxylic acid groups (broad SMARTS) is 1. The molecule has 0 aliphatic heterocycles. The third-order valence-electron chi connectivity index (χ3n) is 2.80. The van der Waals surface area contributed by atoms with E-state index in [9.17, 15) is 14.0 Å². The van der Waals surface area contributed by atoms with Crippen molar-refractivity contribution in [2.45, 2.75) is 39.7 Å². The molecule has 1 rings (SSSR count). The summed E-state index contributed by atoms with van der Waals surface area (Å²) < 4.78 is 13.4. The van der Waals surface area contributed by atoms with Crippen molar-refractivity contribution in [3.63, 3.8) is 0 Å². The number of nitrogens with one attached hydrogen (secondary N) is 1. The fourth-order valence-corrected chi connectivity index (χ4v) is 2.15. The van der Waals surface area contributed by atoms with Crippen LogP contribution in [0.1, 0.15) is 44.0 Å². The van der Waals surface area contributed by atoms with Crippen LogP contribution >= 0.6 is 11.6 Å². The third kappa shape index (κ3) is 6.12. The van der Waals surface area contributed by atoms with Crippen molar-refractivity contribution in [2.24, 2.45) is 5.41 Å². The zero-order valence-corrected chi connectivity index (χ0v) is 13.0. The van der Waals surface area contributed by atoms with Gasteiger partial charge in [0, 0.05) is 11.6 Å². The normalized spacial score (nSPS) is 12.8. The van der Waals surface area contributed by atoms with Crippen LogP contribution in [0.5, 0.6) is 0 Å². The van der Waals surface area contributed by atoms with Crippen molar-refractivity contribution in [2.75, 3.05) is 0 Å². The van der Waals surface area contributed by atoms with Crippen LogP contribution in [0.25, 0.3) is 0 Å². The van der Waals surface area contributed by atoms with Crippen LogP contribution in [0.4, 0.5) is 4.39 Å². The fraction of sp³-hybridized carbons (Fsp3) is 0.467. The van der Waals surface area contributed by atoms with E-state index in [1.807, 2.05) is 20.8 Å². The predicted octanol–water partition coefficient (Wildman–Crippen LogP) is 3.49. The van der Waals surface area contributed by atoms with Gasteiger partial charge in [0.15, 0.2) is 0 Å². The highest BCUT2D eigenvalue weighted by molar-refractivity contribution is 6.30. The minimum Gasteiger partial charge on any atom is -0.481 e. The van der Waals surface area contributed by atoms with Crippen LogP contribution in [-0.4, -0.2) is 23.0 Å². The molecule has 116 valence electrons. The third-order valence-corrected chi connectivity index (χ3v) is 3.10. The molecule has 1 aromatic carbocycles. The van der Waals surface area contributed by atoms with Crippen LogP contribution < -0.4 is 5.32 Å². The van der Waals surface area contributed by atoms with E-state index in [1.165, 1.54) is 12.1 Å². The number of halogens is 2. The Morgan fingerprint density at radius 1 is 1.38 bits per heavy atom. The topological polar surface area (TPSA) is 66.4 Å². The molecular weight excluding hydrogens is 297 g/mol. The maximum atomic E-state index is 13.4. The molecule has 0 saturated heterocycles. The van der Waals surface area contributed by atoms with E-state index < -0.39 is 23.7 Å². The molecule has 0 aliphatic rings. The smallest absolute Gasteiger partial charge is 0.305 e. The monoisotopic (exact) mass is 315 g/mol. The Hall–Kier alpha value is -1.62. The van der Waals surface area contributed by atoms with Crippen molar-refractivity contribution >= 4 is 23.5 Å². The molecule has 21 heavy (non-hydrogen) atoms. The molecule has 1 amide bonds. The minimum absolute atomic E-state index is 0.0664. The van der Waals surface area contributed by atoms with E-state index in [4.69, 9.17) is 16.7 Å². The lowest BCUT2D eigenvalue weighted by atomic mass is 9.87. The van der Waals surface area contributed by atoms with Crippen LogP contribution in [0.15, 0.2) is 18.2 Å². The first kappa shape index (κ1) is 17.4. The summed E-state index contributed by atoms with van der Waals surface area (Å²) >= 11 is 5.56. The second-order valence-electron chi connectivity index (χ2n) is 6.16. The molecule has 1 atom stereocenters. The maximum absolute atomic E-state index is 13.4. The summed E-state index contributed by atoms with van der Waals surface area (Å²) in [7, 11) is 0. The van der Waals surface area contributed by atoms with Gasteiger partial charge in [-0.3, -0.25) is 9.59 Å². The van der Waals surface area contributed by atoms with Crippen molar-refractivity contribution in [3.8, 4) is 0 Å². The van der Waals surface area contributed by atoms with Crippen molar-refractivity contribution in [1.82, 2.24) is 5.32 Å². The molecule has 4 nitrogen and oxygen atoms in total. The van der Waals surface area contributed by atoms with E-state index in [-0.39, 0.29) is 22.4 Å². The molecule has 0 saturated carbocycles. The van der Waals surface area contributed by atoms with E-state index in [1.54, 1.807) is 0 Å². The average molecular weight is 316 g/mol. The highest BCUT2D eigenvalue weighted by atomic mass is 35.5. The Morgan fingerprint density at radius 2 is 2.00 bits per heavy atom. The molecular formula is C15H19ClFNO3. The summed E-state index contributed by atoms with van der Waals surface area (Å²) in [6.45, 7) is 5.86. The number of hydrogen-bond acceptors (Lipinski definition) is 2. The molecule has 0 aromatic heterocycles. The maximum Gasteiger partial charge on any atom is 0.305 e. The van der Waals surface area contributed by atoms with Gasteiger partial charge in [-0.2, -0.15) is 0 Å². The lowest BCUT2D eigenvalue weighted by Gasteiger charge is -2.25. The quantitative estimate of drug-likeness (QED) is 0.874. The Balaban J connectivity index is 2.83. The van der Waals surface area contributed by atoms with Gasteiger partial charge in [0.1, 0.15) is 5.82 Å². The minimum atomic E-state index is -0.994. The average Bonchev–Trinajstić information content (AvgIpc) is 2.29. The first-order valence-corrected chi connectivity index (χ1v) is 6.94. The number of benzene rings is 1. The van der Waals surface area contributed by atoms with Crippen molar-refractivity contribution in [3.05, 3.63) is 34.6 Å². The summed E-state index contributed by atoms with van der Waals surface area (Å²) in [5, 5.41) is 11.5. The van der Waals surface area contributed by atoms with E-state index >= 15 is 0 Å². The SMILES string of the molecule is CC(C)(C)CC(CC(=O)O)NC(=O)c1ccc(Cl)c(F)c1. The molecule has 6 heteroatoms. The number of carboxylic acids is 1. The Morgan fingerprint density at radius 3 is 2.48 bits per heavy atom. The van der Waals surface area contributed by atoms with Crippen molar-refractivity contribution in [1.29, 1.82) is 0 Å². The first-order chi connectivity index (χ1) is 9.58. The van der Waals surface area contributed by atoms with E-state index in [2.05, 4.69) is 5.32 Å². The lowest BCUT2D eigenvalue weighted by Crippen LogP contribution is -2.39. The highest BCUT2D eigenvalue weighted by Crippen LogP contribution is 2.23. The molecule has 1 aromatic rings. The highest BCUT2D eigenvalue weighted by Gasteiger charge is 2.23. The van der Waals surface area contributed by atoms with Crippen LogP contribution in [0.3, 0.4) is 0 Å². The molecule has 0 heterocycles. The second kappa shape index (κ2) is 6.89. The summed E-state index contributed by atoms with van der Waals surface area (Å²) in [5.41, 5.74) is -0.0280. The largest absolute Gasteiger partial charge is 0.481 e. The molecule has 0 radical (unpaired) electrons. The summed E-state index contributed by atoms with van der Waals surface area (Å²) in [6, 6.07) is 3.21. The molecule has 2 N–H and O–H groups in total. The Kier molecular flexibility index (Phi) is 5.72. The predicted molar refractivity (Wildman–Crippen MR) is 79.0 cm³/mol. The second-order valence-corrected chi connectivity index (χ2v) is 6.57. The van der Waals surface area contributed by atoms with Gasteiger partial charge in [0.05, 0.1) is 11.4 Å². The molecule has 0 aliphatic carbocycles. The zero-order chi connectivity index (χ0) is 16.2. The van der Waals surface area contributed by atoms with Gasteiger partial charge in [0.25, 0.3) is 5.91 Å². The molecule has 1 unspecified atom stereocenters. The first-order valence-electron chi connectivity index (χ1n) is 6.56. The van der Waals surface area contributed by atoms with E-state index in [0.29, 0.717) is 6.42 Å². The van der Waals surface area contributed by atoms with E-state index in [0.717, 1.165) is 6.07 Å². The molecule has 0 spiro atoms. The molecule has 0 fully saturated rings. The fourth-order valence-electron chi connectivity index (χ4n) is 2.03. The lowest BCUT2D eigenvalue weighted by molar-refractivity contribution is -0.137. The number of carbonyl (C=O) groups excluding carboxylic acids is 1. The Labute approximate surface area is 128 Å². The summed E-state index contributed by atoms with van der Waals surface area (Å²) in [6.07, 6.45) is 0.320. The standard InChI is InChI=1S/C15H19ClFNO3/c1-15(2,3)8-10(7-13(19)20)18-14(21)9-4-5-11(16)12(17)6-9/h4-6,10H,7-8H2,1-3H3,(H,18,21)(H,19,20). The number of hydrogen-bond donors (Lipinski definition) is 2. The number of amides is 1. The van der Waals surface area contributed by atoms with Gasteiger partial charge < -0.3 is 10.4 Å². The zero-order valence-electron chi connectivity index (χ0n) is 12.2. The van der Waals surface area contributed by atoms with Gasteiger partial charge in [-0.1, -0.05) is 32.4 Å². The number of aliphatic carboxylic acids is 1. The van der Waals surface area contributed by atoms with Gasteiger partial charge in [0.2, 0.25) is 0 Å². The Bertz CT molecular complexity index is 540. The van der Waals surface area contributed by atoms with Crippen LogP contribution in [0, 0.1) is 11.2 Å².